The van der Waals surface area contributed by atoms with Gasteiger partial charge in [0.2, 0.25) is 5.91 Å². The number of amides is 1. The molecule has 0 aliphatic carbocycles. The molecular formula is C17H28ClIN4O3S. The molecule has 0 heterocycles. The molecule has 0 aliphatic heterocycles. The van der Waals surface area contributed by atoms with Gasteiger partial charge in [-0.1, -0.05) is 17.7 Å². The first-order valence-corrected chi connectivity index (χ1v) is 10.8. The number of nitrogens with one attached hydrogen (secondary N) is 3. The SMILES string of the molecule is CN=C(NCCC(=O)Nc1cccc(Cl)c1C)NC(C)CCS(C)(=O)=O.I. The van der Waals surface area contributed by atoms with Crippen molar-refractivity contribution in [3.05, 3.63) is 28.8 Å². The molecule has 1 unspecified atom stereocenters. The van der Waals surface area contributed by atoms with E-state index in [4.69, 9.17) is 11.6 Å². The molecule has 7 nitrogen and oxygen atoms in total. The van der Waals surface area contributed by atoms with Crippen molar-refractivity contribution in [2.24, 2.45) is 4.99 Å². The van der Waals surface area contributed by atoms with Crippen molar-refractivity contribution >= 4 is 63.0 Å². The summed E-state index contributed by atoms with van der Waals surface area (Å²) < 4.78 is 22.4. The summed E-state index contributed by atoms with van der Waals surface area (Å²) in [5.74, 6) is 0.501. The van der Waals surface area contributed by atoms with Gasteiger partial charge in [0, 0.05) is 43.0 Å². The zero-order valence-corrected chi connectivity index (χ0v) is 19.9. The third-order valence-corrected chi connectivity index (χ3v) is 5.10. The fraction of sp³-hybridized carbons (Fsp3) is 0.529. The van der Waals surface area contributed by atoms with Crippen LogP contribution >= 0.6 is 35.6 Å². The van der Waals surface area contributed by atoms with Crippen molar-refractivity contribution in [3.8, 4) is 0 Å². The predicted molar refractivity (Wildman–Crippen MR) is 123 cm³/mol. The van der Waals surface area contributed by atoms with E-state index < -0.39 is 9.84 Å². The monoisotopic (exact) mass is 530 g/mol. The van der Waals surface area contributed by atoms with Gasteiger partial charge >= 0.3 is 0 Å². The van der Waals surface area contributed by atoms with Gasteiger partial charge in [-0.2, -0.15) is 0 Å². The molecule has 0 saturated heterocycles. The molecule has 1 aromatic carbocycles. The van der Waals surface area contributed by atoms with Crippen molar-refractivity contribution in [1.82, 2.24) is 10.6 Å². The van der Waals surface area contributed by atoms with E-state index in [1.807, 2.05) is 13.8 Å². The molecule has 0 saturated carbocycles. The van der Waals surface area contributed by atoms with Crippen molar-refractivity contribution < 1.29 is 13.2 Å². The first kappa shape index (κ1) is 25.9. The van der Waals surface area contributed by atoms with Gasteiger partial charge < -0.3 is 16.0 Å². The summed E-state index contributed by atoms with van der Waals surface area (Å²) in [6, 6.07) is 5.30. The van der Waals surface area contributed by atoms with Crippen LogP contribution in [-0.2, 0) is 14.6 Å². The van der Waals surface area contributed by atoms with Crippen LogP contribution in [-0.4, -0.2) is 51.9 Å². The molecular weight excluding hydrogens is 503 g/mol. The number of rotatable bonds is 8. The Morgan fingerprint density at radius 2 is 2.00 bits per heavy atom. The number of hydrogen-bond donors (Lipinski definition) is 3. The van der Waals surface area contributed by atoms with E-state index in [2.05, 4.69) is 20.9 Å². The average molecular weight is 531 g/mol. The second kappa shape index (κ2) is 12.4. The number of benzene rings is 1. The maximum Gasteiger partial charge on any atom is 0.226 e. The van der Waals surface area contributed by atoms with Crippen LogP contribution in [0.1, 0.15) is 25.3 Å². The summed E-state index contributed by atoms with van der Waals surface area (Å²) in [5, 5.41) is 9.58. The maximum atomic E-state index is 12.1. The van der Waals surface area contributed by atoms with Crippen molar-refractivity contribution in [1.29, 1.82) is 0 Å². The molecule has 27 heavy (non-hydrogen) atoms. The Bertz CT molecular complexity index is 757. The van der Waals surface area contributed by atoms with Crippen molar-refractivity contribution in [2.75, 3.05) is 30.9 Å². The van der Waals surface area contributed by atoms with E-state index in [-0.39, 0.29) is 48.1 Å². The summed E-state index contributed by atoms with van der Waals surface area (Å²) >= 11 is 6.04. The Morgan fingerprint density at radius 3 is 2.59 bits per heavy atom. The summed E-state index contributed by atoms with van der Waals surface area (Å²) in [6.07, 6.45) is 1.95. The van der Waals surface area contributed by atoms with E-state index in [0.29, 0.717) is 29.6 Å². The van der Waals surface area contributed by atoms with Crippen LogP contribution in [0.5, 0.6) is 0 Å². The van der Waals surface area contributed by atoms with Gasteiger partial charge in [-0.3, -0.25) is 9.79 Å². The lowest BCUT2D eigenvalue weighted by molar-refractivity contribution is -0.116. The van der Waals surface area contributed by atoms with Crippen LogP contribution in [0.2, 0.25) is 5.02 Å². The van der Waals surface area contributed by atoms with Crippen molar-refractivity contribution in [3.63, 3.8) is 0 Å². The Morgan fingerprint density at radius 1 is 1.33 bits per heavy atom. The van der Waals surface area contributed by atoms with Crippen LogP contribution in [0.3, 0.4) is 0 Å². The topological polar surface area (TPSA) is 99.7 Å². The molecule has 1 aromatic rings. The minimum Gasteiger partial charge on any atom is -0.356 e. The molecule has 0 aromatic heterocycles. The van der Waals surface area contributed by atoms with Crippen LogP contribution in [0.15, 0.2) is 23.2 Å². The highest BCUT2D eigenvalue weighted by molar-refractivity contribution is 14.0. The fourth-order valence-electron chi connectivity index (χ4n) is 2.14. The lowest BCUT2D eigenvalue weighted by atomic mass is 10.2. The highest BCUT2D eigenvalue weighted by atomic mass is 127. The van der Waals surface area contributed by atoms with Crippen LogP contribution in [0.4, 0.5) is 5.69 Å². The molecule has 1 atom stereocenters. The zero-order chi connectivity index (χ0) is 19.7. The minimum atomic E-state index is -2.99. The number of carbonyl (C=O) groups is 1. The average Bonchev–Trinajstić information content (AvgIpc) is 2.55. The largest absolute Gasteiger partial charge is 0.356 e. The highest BCUT2D eigenvalue weighted by Gasteiger charge is 2.10. The standard InChI is InChI=1S/C17H27ClN4O3S.HI/c1-12(9-11-26(4,24)25)21-17(19-3)20-10-8-16(23)22-15-7-5-6-14(18)13(15)2;/h5-7,12H,8-11H2,1-4H3,(H,22,23)(H2,19,20,21);1H. The summed E-state index contributed by atoms with van der Waals surface area (Å²) in [5.41, 5.74) is 1.52. The fourth-order valence-corrected chi connectivity index (χ4v) is 3.10. The summed E-state index contributed by atoms with van der Waals surface area (Å²) in [7, 11) is -1.37. The van der Waals surface area contributed by atoms with Gasteiger partial charge in [0.25, 0.3) is 0 Å². The van der Waals surface area contributed by atoms with Crippen LogP contribution < -0.4 is 16.0 Å². The van der Waals surface area contributed by atoms with E-state index in [0.717, 1.165) is 5.56 Å². The van der Waals surface area contributed by atoms with Gasteiger partial charge in [0.1, 0.15) is 9.84 Å². The number of guanidine groups is 1. The second-order valence-corrected chi connectivity index (χ2v) is 8.84. The number of anilines is 1. The first-order valence-electron chi connectivity index (χ1n) is 8.32. The molecule has 1 amide bonds. The lowest BCUT2D eigenvalue weighted by Crippen LogP contribution is -2.43. The number of halogens is 2. The van der Waals surface area contributed by atoms with Crippen LogP contribution in [0.25, 0.3) is 0 Å². The summed E-state index contributed by atoms with van der Waals surface area (Å²) in [6.45, 7) is 4.12. The van der Waals surface area contributed by atoms with E-state index in [1.165, 1.54) is 6.26 Å². The Labute approximate surface area is 183 Å². The molecule has 0 aliphatic rings. The molecule has 0 bridgehead atoms. The lowest BCUT2D eigenvalue weighted by Gasteiger charge is -2.17. The second-order valence-electron chi connectivity index (χ2n) is 6.17. The number of hydrogen-bond acceptors (Lipinski definition) is 4. The van der Waals surface area contributed by atoms with E-state index in [9.17, 15) is 13.2 Å². The molecule has 154 valence electrons. The quantitative estimate of drug-likeness (QED) is 0.273. The van der Waals surface area contributed by atoms with E-state index in [1.54, 1.807) is 25.2 Å². The molecule has 3 N–H and O–H groups in total. The van der Waals surface area contributed by atoms with Crippen molar-refractivity contribution in [2.45, 2.75) is 32.7 Å². The zero-order valence-electron chi connectivity index (χ0n) is 16.0. The third-order valence-electron chi connectivity index (χ3n) is 3.71. The first-order chi connectivity index (χ1) is 12.1. The molecule has 0 fully saturated rings. The molecule has 1 rings (SSSR count). The molecule has 0 spiro atoms. The maximum absolute atomic E-state index is 12.1. The Hall–Kier alpha value is -1.07. The molecule has 0 radical (unpaired) electrons. The van der Waals surface area contributed by atoms with Gasteiger partial charge in [-0.05, 0) is 38.0 Å². The predicted octanol–water partition coefficient (Wildman–Crippen LogP) is 2.58. The molecule has 10 heteroatoms. The Kier molecular flexibility index (Phi) is 11.9. The van der Waals surface area contributed by atoms with Gasteiger partial charge in [0.15, 0.2) is 5.96 Å². The van der Waals surface area contributed by atoms with Crippen LogP contribution in [0, 0.1) is 6.92 Å². The smallest absolute Gasteiger partial charge is 0.226 e. The van der Waals surface area contributed by atoms with E-state index >= 15 is 0 Å². The number of carbonyl (C=O) groups excluding carboxylic acids is 1. The minimum absolute atomic E-state index is 0. The summed E-state index contributed by atoms with van der Waals surface area (Å²) in [4.78, 5) is 16.1. The highest BCUT2D eigenvalue weighted by Crippen LogP contribution is 2.22. The van der Waals surface area contributed by atoms with Gasteiger partial charge in [-0.15, -0.1) is 24.0 Å². The Balaban J connectivity index is 0.00000676. The third kappa shape index (κ3) is 10.7. The number of aliphatic imine (C=N–C) groups is 1. The number of nitrogens with zero attached hydrogens (tertiary/aromatic N) is 1. The van der Waals surface area contributed by atoms with Gasteiger partial charge in [-0.25, -0.2) is 8.42 Å². The number of sulfone groups is 1. The van der Waals surface area contributed by atoms with Gasteiger partial charge in [0.05, 0.1) is 5.75 Å². The normalized spacial score (nSPS) is 12.7.